The van der Waals surface area contributed by atoms with Crippen LogP contribution in [-0.2, 0) is 31.9 Å². The molecule has 10 heteroatoms. The monoisotopic (exact) mass is 380 g/mol. The summed E-state index contributed by atoms with van der Waals surface area (Å²) in [5.74, 6) is 0. The SMILES string of the molecule is FC(F)(F)c1ccccc1C1OOC(c2ccccc2C(F)(F)F)OO1. The number of alkyl halides is 6. The van der Waals surface area contributed by atoms with Crippen molar-refractivity contribution < 1.29 is 45.9 Å². The van der Waals surface area contributed by atoms with Crippen molar-refractivity contribution in [2.45, 2.75) is 24.9 Å². The molecular weight excluding hydrogens is 370 g/mol. The Labute approximate surface area is 142 Å². The molecule has 0 aliphatic carbocycles. The minimum absolute atomic E-state index is 0.442. The highest BCUT2D eigenvalue weighted by Crippen LogP contribution is 2.41. The lowest BCUT2D eigenvalue weighted by Crippen LogP contribution is -2.25. The quantitative estimate of drug-likeness (QED) is 0.521. The maximum absolute atomic E-state index is 13.0. The lowest BCUT2D eigenvalue weighted by molar-refractivity contribution is -0.600. The summed E-state index contributed by atoms with van der Waals surface area (Å²) >= 11 is 0. The molecule has 0 amide bonds. The molecule has 0 N–H and O–H groups in total. The van der Waals surface area contributed by atoms with Gasteiger partial charge in [-0.05, 0) is 12.1 Å². The topological polar surface area (TPSA) is 36.9 Å². The van der Waals surface area contributed by atoms with Crippen LogP contribution in [0, 0.1) is 0 Å². The third kappa shape index (κ3) is 3.83. The van der Waals surface area contributed by atoms with Gasteiger partial charge in [-0.25, -0.2) is 0 Å². The highest BCUT2D eigenvalue weighted by Gasteiger charge is 2.41. The first-order valence-electron chi connectivity index (χ1n) is 7.14. The molecule has 2 aromatic carbocycles. The standard InChI is InChI=1S/C16H10F6O4/c17-15(18,19)11-7-3-1-5-9(11)13-23-25-14(26-24-13)10-6-2-4-8-12(10)16(20,21)22/h1-8,13-14H. The molecule has 26 heavy (non-hydrogen) atoms. The molecule has 1 heterocycles. The van der Waals surface area contributed by atoms with Crippen molar-refractivity contribution in [3.8, 4) is 0 Å². The molecule has 140 valence electrons. The molecule has 1 aliphatic heterocycles. The van der Waals surface area contributed by atoms with Crippen LogP contribution in [0.15, 0.2) is 48.5 Å². The molecule has 0 unspecified atom stereocenters. The Morgan fingerprint density at radius 3 is 1.15 bits per heavy atom. The van der Waals surface area contributed by atoms with E-state index >= 15 is 0 Å². The van der Waals surface area contributed by atoms with Gasteiger partial charge in [-0.15, -0.1) is 0 Å². The van der Waals surface area contributed by atoms with Gasteiger partial charge in [0.2, 0.25) is 12.6 Å². The van der Waals surface area contributed by atoms with E-state index in [2.05, 4.69) is 0 Å². The molecule has 0 spiro atoms. The molecule has 4 nitrogen and oxygen atoms in total. The van der Waals surface area contributed by atoms with E-state index in [0.29, 0.717) is 0 Å². The zero-order chi connectivity index (χ0) is 18.9. The first kappa shape index (κ1) is 18.6. The fourth-order valence-electron chi connectivity index (χ4n) is 2.36. The van der Waals surface area contributed by atoms with Crippen molar-refractivity contribution in [1.29, 1.82) is 0 Å². The van der Waals surface area contributed by atoms with Crippen LogP contribution < -0.4 is 0 Å². The van der Waals surface area contributed by atoms with Crippen LogP contribution in [0.4, 0.5) is 26.3 Å². The van der Waals surface area contributed by atoms with E-state index in [1.807, 2.05) is 0 Å². The van der Waals surface area contributed by atoms with Gasteiger partial charge in [-0.1, -0.05) is 36.4 Å². The number of halogens is 6. The van der Waals surface area contributed by atoms with E-state index < -0.39 is 47.2 Å². The summed E-state index contributed by atoms with van der Waals surface area (Å²) in [5.41, 5.74) is -2.98. The predicted octanol–water partition coefficient (Wildman–Crippen LogP) is 5.33. The highest BCUT2D eigenvalue weighted by atomic mass is 19.4. The Hall–Kier alpha value is -2.14. The van der Waals surface area contributed by atoms with Crippen LogP contribution in [0.2, 0.25) is 0 Å². The maximum atomic E-state index is 13.0. The molecular formula is C16H10F6O4. The average Bonchev–Trinajstić information content (AvgIpc) is 2.60. The van der Waals surface area contributed by atoms with Crippen molar-refractivity contribution >= 4 is 0 Å². The molecule has 0 saturated carbocycles. The Morgan fingerprint density at radius 1 is 0.538 bits per heavy atom. The Balaban J connectivity index is 1.80. The van der Waals surface area contributed by atoms with Gasteiger partial charge in [-0.2, -0.15) is 45.9 Å². The summed E-state index contributed by atoms with van der Waals surface area (Å²) < 4.78 is 78.1. The van der Waals surface area contributed by atoms with Crippen LogP contribution in [0.25, 0.3) is 0 Å². The molecule has 2 aromatic rings. The minimum atomic E-state index is -4.69. The highest BCUT2D eigenvalue weighted by molar-refractivity contribution is 5.32. The fraction of sp³-hybridized carbons (Fsp3) is 0.250. The summed E-state index contributed by atoms with van der Waals surface area (Å²) in [7, 11) is 0. The van der Waals surface area contributed by atoms with E-state index in [-0.39, 0.29) is 0 Å². The third-order valence-corrected chi connectivity index (χ3v) is 3.50. The van der Waals surface area contributed by atoms with Crippen molar-refractivity contribution in [3.63, 3.8) is 0 Å². The van der Waals surface area contributed by atoms with Gasteiger partial charge in [0.05, 0.1) is 11.1 Å². The van der Waals surface area contributed by atoms with E-state index in [4.69, 9.17) is 19.6 Å². The van der Waals surface area contributed by atoms with Gasteiger partial charge in [0.25, 0.3) is 0 Å². The van der Waals surface area contributed by atoms with Crippen LogP contribution in [0.3, 0.4) is 0 Å². The first-order chi connectivity index (χ1) is 12.2. The Morgan fingerprint density at radius 2 is 0.846 bits per heavy atom. The summed E-state index contributed by atoms with van der Waals surface area (Å²) in [6.45, 7) is 0. The van der Waals surface area contributed by atoms with Crippen LogP contribution in [-0.4, -0.2) is 0 Å². The molecule has 0 bridgehead atoms. The van der Waals surface area contributed by atoms with E-state index in [1.165, 1.54) is 24.3 Å². The lowest BCUT2D eigenvalue weighted by Gasteiger charge is -2.29. The van der Waals surface area contributed by atoms with Gasteiger partial charge >= 0.3 is 12.4 Å². The van der Waals surface area contributed by atoms with Gasteiger partial charge < -0.3 is 0 Å². The first-order valence-corrected chi connectivity index (χ1v) is 7.14. The second-order valence-corrected chi connectivity index (χ2v) is 5.22. The van der Waals surface area contributed by atoms with Gasteiger partial charge in [0.15, 0.2) is 0 Å². The summed E-state index contributed by atoms with van der Waals surface area (Å²) in [5, 5.41) is 0. The van der Waals surface area contributed by atoms with Crippen LogP contribution >= 0.6 is 0 Å². The molecule has 0 radical (unpaired) electrons. The van der Waals surface area contributed by atoms with E-state index in [1.54, 1.807) is 0 Å². The van der Waals surface area contributed by atoms with Crippen molar-refractivity contribution in [1.82, 2.24) is 0 Å². The maximum Gasteiger partial charge on any atom is 0.416 e. The van der Waals surface area contributed by atoms with Gasteiger partial charge in [0, 0.05) is 11.1 Å². The zero-order valence-corrected chi connectivity index (χ0v) is 12.7. The van der Waals surface area contributed by atoms with Crippen LogP contribution in [0.1, 0.15) is 34.8 Å². The van der Waals surface area contributed by atoms with Crippen molar-refractivity contribution in [2.24, 2.45) is 0 Å². The fourth-order valence-corrected chi connectivity index (χ4v) is 2.36. The van der Waals surface area contributed by atoms with Gasteiger partial charge in [-0.3, -0.25) is 0 Å². The second-order valence-electron chi connectivity index (χ2n) is 5.22. The molecule has 0 atom stereocenters. The average molecular weight is 380 g/mol. The second kappa shape index (κ2) is 6.88. The van der Waals surface area contributed by atoms with Crippen molar-refractivity contribution in [3.05, 3.63) is 70.8 Å². The summed E-state index contributed by atoms with van der Waals surface area (Å²) in [6.07, 6.45) is -12.8. The molecule has 1 aliphatic rings. The van der Waals surface area contributed by atoms with Crippen molar-refractivity contribution in [2.75, 3.05) is 0 Å². The lowest BCUT2D eigenvalue weighted by atomic mass is 10.1. The minimum Gasteiger partial charge on any atom is -0.193 e. The normalized spacial score (nSPS) is 21.6. The number of benzene rings is 2. The molecule has 0 aromatic heterocycles. The Bertz CT molecular complexity index is 700. The largest absolute Gasteiger partial charge is 0.416 e. The molecule has 1 fully saturated rings. The summed E-state index contributed by atoms with van der Waals surface area (Å²) in [6, 6.07) is 8.69. The van der Waals surface area contributed by atoms with E-state index in [0.717, 1.165) is 24.3 Å². The molecule has 1 saturated heterocycles. The predicted molar refractivity (Wildman–Crippen MR) is 72.7 cm³/mol. The smallest absolute Gasteiger partial charge is 0.193 e. The number of rotatable bonds is 2. The number of hydrogen-bond donors (Lipinski definition) is 0. The summed E-state index contributed by atoms with van der Waals surface area (Å²) in [4.78, 5) is 18.9. The van der Waals surface area contributed by atoms with E-state index in [9.17, 15) is 26.3 Å². The number of hydrogen-bond acceptors (Lipinski definition) is 4. The van der Waals surface area contributed by atoms with Gasteiger partial charge in [0.1, 0.15) is 0 Å². The van der Waals surface area contributed by atoms with Crippen LogP contribution in [0.5, 0.6) is 0 Å². The third-order valence-electron chi connectivity index (χ3n) is 3.50. The molecule has 3 rings (SSSR count). The zero-order valence-electron chi connectivity index (χ0n) is 12.7. The Kier molecular flexibility index (Phi) is 4.93.